The quantitative estimate of drug-likeness (QED) is 0.464. The molecule has 1 rings (SSSR count). The Morgan fingerprint density at radius 2 is 2.08 bits per heavy atom. The summed E-state index contributed by atoms with van der Waals surface area (Å²) < 4.78 is 25.7. The van der Waals surface area contributed by atoms with Crippen molar-refractivity contribution in [1.29, 1.82) is 0 Å². The van der Waals surface area contributed by atoms with Crippen LogP contribution in [0.25, 0.3) is 0 Å². The SMILES string of the molecule is C[n+]1cccc(NS(C)(=O)=O)c1.[I-]. The Kier molecular flexibility index (Phi) is 4.62. The molecule has 0 aliphatic heterocycles. The van der Waals surface area contributed by atoms with Crippen LogP contribution in [0.1, 0.15) is 0 Å². The van der Waals surface area contributed by atoms with E-state index in [2.05, 4.69) is 4.72 Å². The van der Waals surface area contributed by atoms with Gasteiger partial charge in [-0.3, -0.25) is 4.72 Å². The van der Waals surface area contributed by atoms with Crippen LogP contribution in [-0.4, -0.2) is 14.7 Å². The number of pyridine rings is 1. The van der Waals surface area contributed by atoms with Crippen molar-refractivity contribution in [2.75, 3.05) is 11.0 Å². The van der Waals surface area contributed by atoms with Crippen molar-refractivity contribution in [3.05, 3.63) is 24.5 Å². The molecule has 0 spiro atoms. The van der Waals surface area contributed by atoms with E-state index in [9.17, 15) is 8.42 Å². The lowest BCUT2D eigenvalue weighted by Crippen LogP contribution is -3.00. The Bertz CT molecular complexity index is 378. The Hall–Kier alpha value is -0.370. The van der Waals surface area contributed by atoms with Gasteiger partial charge in [0.15, 0.2) is 12.4 Å². The molecular formula is C7H11IN2O2S. The Morgan fingerprint density at radius 3 is 2.54 bits per heavy atom. The summed E-state index contributed by atoms with van der Waals surface area (Å²) >= 11 is 0. The maximum absolute atomic E-state index is 10.8. The highest BCUT2D eigenvalue weighted by molar-refractivity contribution is 7.92. The molecular weight excluding hydrogens is 303 g/mol. The predicted molar refractivity (Wildman–Crippen MR) is 46.1 cm³/mol. The van der Waals surface area contributed by atoms with Crippen LogP contribution in [0.4, 0.5) is 5.69 Å². The number of sulfonamides is 1. The molecule has 0 aliphatic rings. The predicted octanol–water partition coefficient (Wildman–Crippen LogP) is -3.11. The number of aromatic nitrogens is 1. The first-order chi connectivity index (χ1) is 5.47. The molecule has 1 aromatic rings. The molecule has 1 N–H and O–H groups in total. The number of hydrogen-bond donors (Lipinski definition) is 1. The molecule has 74 valence electrons. The van der Waals surface area contributed by atoms with Gasteiger partial charge in [0.25, 0.3) is 0 Å². The van der Waals surface area contributed by atoms with Crippen molar-refractivity contribution in [3.8, 4) is 0 Å². The minimum atomic E-state index is -3.16. The van der Waals surface area contributed by atoms with Crippen LogP contribution >= 0.6 is 0 Å². The first-order valence-electron chi connectivity index (χ1n) is 3.40. The minimum absolute atomic E-state index is 0. The lowest BCUT2D eigenvalue weighted by molar-refractivity contribution is -0.670. The summed E-state index contributed by atoms with van der Waals surface area (Å²) in [6.07, 6.45) is 4.65. The van der Waals surface area contributed by atoms with Crippen LogP contribution in [0.2, 0.25) is 0 Å². The summed E-state index contributed by atoms with van der Waals surface area (Å²) in [6.45, 7) is 0. The lowest BCUT2D eigenvalue weighted by atomic mass is 10.4. The van der Waals surface area contributed by atoms with Crippen molar-refractivity contribution in [3.63, 3.8) is 0 Å². The number of hydrogen-bond acceptors (Lipinski definition) is 2. The van der Waals surface area contributed by atoms with Gasteiger partial charge in [-0.1, -0.05) is 0 Å². The van der Waals surface area contributed by atoms with Gasteiger partial charge in [-0.05, 0) is 6.07 Å². The van der Waals surface area contributed by atoms with Gasteiger partial charge in [-0.15, -0.1) is 0 Å². The molecule has 0 saturated carbocycles. The van der Waals surface area contributed by atoms with Gasteiger partial charge in [-0.25, -0.2) is 13.0 Å². The van der Waals surface area contributed by atoms with Crippen LogP contribution in [0.5, 0.6) is 0 Å². The average Bonchev–Trinajstić information content (AvgIpc) is 1.82. The number of anilines is 1. The molecule has 0 bridgehead atoms. The molecule has 1 heterocycles. The maximum atomic E-state index is 10.8. The number of nitrogens with zero attached hydrogens (tertiary/aromatic N) is 1. The third kappa shape index (κ3) is 5.04. The third-order valence-electron chi connectivity index (χ3n) is 1.24. The molecule has 0 radical (unpaired) electrons. The fourth-order valence-corrected chi connectivity index (χ4v) is 1.41. The second-order valence-electron chi connectivity index (χ2n) is 2.63. The smallest absolute Gasteiger partial charge is 0.230 e. The zero-order valence-electron chi connectivity index (χ0n) is 7.36. The molecule has 0 saturated heterocycles. The second-order valence-corrected chi connectivity index (χ2v) is 4.38. The van der Waals surface area contributed by atoms with Gasteiger partial charge in [0.1, 0.15) is 12.7 Å². The van der Waals surface area contributed by atoms with Gasteiger partial charge in [0, 0.05) is 6.07 Å². The normalized spacial score (nSPS) is 10.3. The fraction of sp³-hybridized carbons (Fsp3) is 0.286. The number of nitrogens with one attached hydrogen (secondary N) is 1. The Balaban J connectivity index is 0.00000144. The van der Waals surface area contributed by atoms with E-state index in [1.165, 1.54) is 0 Å². The highest BCUT2D eigenvalue weighted by Crippen LogP contribution is 2.02. The van der Waals surface area contributed by atoms with Crippen molar-refractivity contribution in [2.45, 2.75) is 0 Å². The Labute approximate surface area is 95.0 Å². The van der Waals surface area contributed by atoms with E-state index in [-0.39, 0.29) is 24.0 Å². The van der Waals surface area contributed by atoms with Crippen LogP contribution in [0, 0.1) is 0 Å². The molecule has 4 nitrogen and oxygen atoms in total. The average molecular weight is 314 g/mol. The standard InChI is InChI=1S/C7H11N2O2S.HI/c1-9-5-3-4-7(6-9)8-12(2,10)11;/h3-6,8H,1-2H3;1H/q+1;/p-1. The van der Waals surface area contributed by atoms with Crippen molar-refractivity contribution < 1.29 is 37.0 Å². The summed E-state index contributed by atoms with van der Waals surface area (Å²) in [6, 6.07) is 3.47. The monoisotopic (exact) mass is 314 g/mol. The molecule has 0 aromatic carbocycles. The van der Waals surface area contributed by atoms with Gasteiger partial charge < -0.3 is 24.0 Å². The first kappa shape index (κ1) is 12.6. The van der Waals surface area contributed by atoms with E-state index in [1.807, 2.05) is 13.2 Å². The summed E-state index contributed by atoms with van der Waals surface area (Å²) in [7, 11) is -1.33. The topological polar surface area (TPSA) is 50.1 Å². The lowest BCUT2D eigenvalue weighted by Gasteiger charge is -1.99. The van der Waals surface area contributed by atoms with Crippen molar-refractivity contribution in [2.24, 2.45) is 7.05 Å². The highest BCUT2D eigenvalue weighted by Gasteiger charge is 2.03. The largest absolute Gasteiger partial charge is 1.00 e. The summed E-state index contributed by atoms with van der Waals surface area (Å²) in [5.74, 6) is 0. The summed E-state index contributed by atoms with van der Waals surface area (Å²) in [5, 5.41) is 0. The van der Waals surface area contributed by atoms with E-state index in [0.717, 1.165) is 6.26 Å². The van der Waals surface area contributed by atoms with Crippen LogP contribution < -0.4 is 33.3 Å². The third-order valence-corrected chi connectivity index (χ3v) is 1.85. The van der Waals surface area contributed by atoms with E-state index < -0.39 is 10.0 Å². The van der Waals surface area contributed by atoms with Gasteiger partial charge in [-0.2, -0.15) is 0 Å². The fourth-order valence-electron chi connectivity index (χ4n) is 0.862. The Morgan fingerprint density at radius 1 is 1.46 bits per heavy atom. The number of rotatable bonds is 2. The van der Waals surface area contributed by atoms with Crippen LogP contribution in [-0.2, 0) is 17.1 Å². The molecule has 6 heteroatoms. The molecule has 0 fully saturated rings. The number of aryl methyl sites for hydroxylation is 1. The van der Waals surface area contributed by atoms with Crippen LogP contribution in [0.3, 0.4) is 0 Å². The van der Waals surface area contributed by atoms with Gasteiger partial charge in [0.05, 0.1) is 6.26 Å². The zero-order chi connectivity index (χ0) is 9.19. The molecule has 13 heavy (non-hydrogen) atoms. The summed E-state index contributed by atoms with van der Waals surface area (Å²) in [5.41, 5.74) is 0.572. The second kappa shape index (κ2) is 4.75. The number of halogens is 1. The first-order valence-corrected chi connectivity index (χ1v) is 5.29. The van der Waals surface area contributed by atoms with Gasteiger partial charge in [0.2, 0.25) is 10.0 Å². The minimum Gasteiger partial charge on any atom is -1.00 e. The zero-order valence-corrected chi connectivity index (χ0v) is 10.3. The van der Waals surface area contributed by atoms with E-state index in [4.69, 9.17) is 0 Å². The molecule has 0 amide bonds. The van der Waals surface area contributed by atoms with E-state index in [0.29, 0.717) is 5.69 Å². The van der Waals surface area contributed by atoms with Crippen molar-refractivity contribution in [1.82, 2.24) is 0 Å². The molecule has 1 aromatic heterocycles. The summed E-state index contributed by atoms with van der Waals surface area (Å²) in [4.78, 5) is 0. The van der Waals surface area contributed by atoms with Crippen molar-refractivity contribution >= 4 is 15.7 Å². The van der Waals surface area contributed by atoms with E-state index >= 15 is 0 Å². The molecule has 0 aliphatic carbocycles. The maximum Gasteiger partial charge on any atom is 0.230 e. The van der Waals surface area contributed by atoms with E-state index in [1.54, 1.807) is 22.9 Å². The van der Waals surface area contributed by atoms with Gasteiger partial charge >= 0.3 is 0 Å². The highest BCUT2D eigenvalue weighted by atomic mass is 127. The van der Waals surface area contributed by atoms with Crippen LogP contribution in [0.15, 0.2) is 24.5 Å². The molecule has 0 unspecified atom stereocenters. The molecule has 0 atom stereocenters.